The number of aryl methyl sites for hydroxylation is 1. The van der Waals surface area contributed by atoms with Gasteiger partial charge in [-0.05, 0) is 50.2 Å². The summed E-state index contributed by atoms with van der Waals surface area (Å²) in [6, 6.07) is 14.7. The predicted molar refractivity (Wildman–Crippen MR) is 143 cm³/mol. The van der Waals surface area contributed by atoms with Crippen molar-refractivity contribution in [1.82, 2.24) is 10.3 Å². The van der Waals surface area contributed by atoms with E-state index in [1.54, 1.807) is 0 Å². The van der Waals surface area contributed by atoms with Crippen LogP contribution in [-0.2, 0) is 0 Å². The molecule has 1 aromatic carbocycles. The van der Waals surface area contributed by atoms with Gasteiger partial charge < -0.3 is 14.6 Å². The fraction of sp³-hybridized carbons (Fsp3) is 0.345. The van der Waals surface area contributed by atoms with Gasteiger partial charge in [0.25, 0.3) is 0 Å². The molecule has 33 heavy (non-hydrogen) atoms. The maximum atomic E-state index is 6.28. The van der Waals surface area contributed by atoms with Gasteiger partial charge in [-0.3, -0.25) is 4.98 Å². The highest BCUT2D eigenvalue weighted by molar-refractivity contribution is 5.73. The van der Waals surface area contributed by atoms with Crippen LogP contribution in [0.15, 0.2) is 65.2 Å². The summed E-state index contributed by atoms with van der Waals surface area (Å²) in [6.07, 6.45) is 5.95. The Hall–Kier alpha value is -3.11. The zero-order valence-electron chi connectivity index (χ0n) is 21.1. The molecule has 1 aliphatic rings. The summed E-state index contributed by atoms with van der Waals surface area (Å²) in [4.78, 5) is 6.84. The molecule has 0 saturated carbocycles. The van der Waals surface area contributed by atoms with Gasteiger partial charge in [0, 0.05) is 65.7 Å². The predicted octanol–water partition coefficient (Wildman–Crippen LogP) is 5.30. The smallest absolute Gasteiger partial charge is 0.142 e. The number of furan rings is 1. The molecular weight excluding hydrogens is 406 g/mol. The van der Waals surface area contributed by atoms with Crippen molar-refractivity contribution in [3.05, 3.63) is 82.7 Å². The monoisotopic (exact) mass is 445 g/mol. The third-order valence-electron chi connectivity index (χ3n) is 5.24. The summed E-state index contributed by atoms with van der Waals surface area (Å²) in [5, 5.41) is 4.27. The summed E-state index contributed by atoms with van der Waals surface area (Å²) in [7, 11) is 0. The van der Waals surface area contributed by atoms with E-state index >= 15 is 0 Å². The lowest BCUT2D eigenvalue weighted by atomic mass is 10.1. The summed E-state index contributed by atoms with van der Waals surface area (Å²) in [6.45, 7) is 20.4. The highest BCUT2D eigenvalue weighted by Gasteiger charge is 2.12. The molecule has 3 aromatic rings. The number of hydrogen-bond donors (Lipinski definition) is 1. The van der Waals surface area contributed by atoms with E-state index in [1.165, 1.54) is 5.69 Å². The SMILES string of the molecule is C=c1cc(-c2ccc(N3CCNCC3)cc2)o/c1=C(/C=C\C)c1ccc(C)nc1.CC.CC. The second kappa shape index (κ2) is 13.4. The van der Waals surface area contributed by atoms with Crippen molar-refractivity contribution in [2.75, 3.05) is 31.1 Å². The number of pyridine rings is 1. The molecule has 2 aromatic heterocycles. The van der Waals surface area contributed by atoms with Gasteiger partial charge in [0.1, 0.15) is 11.2 Å². The van der Waals surface area contributed by atoms with Crippen LogP contribution in [0.4, 0.5) is 5.69 Å². The Labute approximate surface area is 199 Å². The van der Waals surface area contributed by atoms with E-state index in [1.807, 2.05) is 65.9 Å². The molecule has 0 amide bonds. The van der Waals surface area contributed by atoms with Crippen LogP contribution in [0.3, 0.4) is 0 Å². The lowest BCUT2D eigenvalue weighted by Gasteiger charge is -2.29. The molecule has 4 rings (SSSR count). The molecule has 0 radical (unpaired) electrons. The number of anilines is 1. The average Bonchev–Trinajstić information content (AvgIpc) is 3.27. The molecule has 4 heteroatoms. The lowest BCUT2D eigenvalue weighted by Crippen LogP contribution is -2.43. The van der Waals surface area contributed by atoms with Crippen molar-refractivity contribution in [2.24, 2.45) is 0 Å². The van der Waals surface area contributed by atoms with Gasteiger partial charge in [0.05, 0.1) is 0 Å². The molecule has 0 bridgehead atoms. The average molecular weight is 446 g/mol. The zero-order chi connectivity index (χ0) is 24.2. The Morgan fingerprint density at radius 1 is 1.03 bits per heavy atom. The van der Waals surface area contributed by atoms with E-state index in [-0.39, 0.29) is 0 Å². The number of nitrogens with zero attached hydrogens (tertiary/aromatic N) is 2. The zero-order valence-corrected chi connectivity index (χ0v) is 21.1. The minimum Gasteiger partial charge on any atom is -0.455 e. The van der Waals surface area contributed by atoms with Crippen molar-refractivity contribution in [3.8, 4) is 11.3 Å². The van der Waals surface area contributed by atoms with Crippen LogP contribution in [0.25, 0.3) is 23.5 Å². The first kappa shape index (κ1) is 26.1. The first-order valence-corrected chi connectivity index (χ1v) is 12.1. The van der Waals surface area contributed by atoms with E-state index < -0.39 is 0 Å². The molecule has 1 N–H and O–H groups in total. The van der Waals surface area contributed by atoms with Crippen LogP contribution in [0.5, 0.6) is 0 Å². The molecule has 1 fully saturated rings. The van der Waals surface area contributed by atoms with Gasteiger partial charge in [-0.2, -0.15) is 0 Å². The van der Waals surface area contributed by atoms with Crippen molar-refractivity contribution < 1.29 is 4.42 Å². The summed E-state index contributed by atoms with van der Waals surface area (Å²) in [5.41, 5.74) is 6.11. The van der Waals surface area contributed by atoms with E-state index in [0.717, 1.165) is 65.0 Å². The van der Waals surface area contributed by atoms with Crippen LogP contribution >= 0.6 is 0 Å². The van der Waals surface area contributed by atoms with E-state index in [4.69, 9.17) is 4.42 Å². The molecular formula is C29H39N3O. The van der Waals surface area contributed by atoms with Crippen LogP contribution in [0.2, 0.25) is 0 Å². The van der Waals surface area contributed by atoms with Crippen LogP contribution in [-0.4, -0.2) is 31.2 Å². The van der Waals surface area contributed by atoms with Gasteiger partial charge >= 0.3 is 0 Å². The minimum atomic E-state index is 0.787. The number of aromatic nitrogens is 1. The molecule has 3 heterocycles. The van der Waals surface area contributed by atoms with Gasteiger partial charge in [0.2, 0.25) is 0 Å². The van der Waals surface area contributed by atoms with Crippen molar-refractivity contribution in [1.29, 1.82) is 0 Å². The van der Waals surface area contributed by atoms with Crippen LogP contribution < -0.4 is 20.9 Å². The number of rotatable bonds is 4. The highest BCUT2D eigenvalue weighted by atomic mass is 16.3. The van der Waals surface area contributed by atoms with E-state index in [2.05, 4.69) is 58.2 Å². The number of nitrogens with one attached hydrogen (secondary N) is 1. The van der Waals surface area contributed by atoms with Crippen LogP contribution in [0, 0.1) is 6.92 Å². The molecule has 1 aliphatic heterocycles. The minimum absolute atomic E-state index is 0.787. The summed E-state index contributed by atoms with van der Waals surface area (Å²) >= 11 is 0. The Bertz CT molecular complexity index is 1100. The lowest BCUT2D eigenvalue weighted by molar-refractivity contribution is 0.543. The van der Waals surface area contributed by atoms with E-state index in [9.17, 15) is 0 Å². The first-order chi connectivity index (χ1) is 16.2. The normalized spacial score (nSPS) is 14.2. The van der Waals surface area contributed by atoms with Crippen molar-refractivity contribution >= 4 is 17.8 Å². The van der Waals surface area contributed by atoms with Gasteiger partial charge in [-0.15, -0.1) is 0 Å². The van der Waals surface area contributed by atoms with Crippen LogP contribution in [0.1, 0.15) is 45.9 Å². The van der Waals surface area contributed by atoms with Gasteiger partial charge in [0.15, 0.2) is 0 Å². The third kappa shape index (κ3) is 6.69. The molecule has 0 aliphatic carbocycles. The molecule has 0 unspecified atom stereocenters. The Morgan fingerprint density at radius 3 is 2.27 bits per heavy atom. The largest absolute Gasteiger partial charge is 0.455 e. The maximum absolute atomic E-state index is 6.28. The maximum Gasteiger partial charge on any atom is 0.142 e. The molecule has 1 saturated heterocycles. The second-order valence-corrected chi connectivity index (χ2v) is 7.35. The topological polar surface area (TPSA) is 41.3 Å². The molecule has 4 nitrogen and oxygen atoms in total. The first-order valence-electron chi connectivity index (χ1n) is 12.1. The van der Waals surface area contributed by atoms with E-state index in [0.29, 0.717) is 0 Å². The standard InChI is InChI=1S/C25H27N3O.2C2H6/c1-4-5-23(21-7-6-19(3)27-17-21)25-18(2)16-24(29-25)20-8-10-22(11-9-20)28-14-12-26-13-15-28;2*1-2/h4-11,16-17,26H,2,12-15H2,1,3H3;2*1-2H3/b5-4-,25-23-;;. The Kier molecular flexibility index (Phi) is 10.6. The quantitative estimate of drug-likeness (QED) is 0.592. The van der Waals surface area contributed by atoms with Crippen molar-refractivity contribution in [3.63, 3.8) is 0 Å². The second-order valence-electron chi connectivity index (χ2n) is 7.35. The number of allylic oxidation sites excluding steroid dienone is 2. The Morgan fingerprint density at radius 2 is 1.70 bits per heavy atom. The fourth-order valence-corrected chi connectivity index (χ4v) is 3.66. The fourth-order valence-electron chi connectivity index (χ4n) is 3.66. The summed E-state index contributed by atoms with van der Waals surface area (Å²) < 4.78 is 6.28. The third-order valence-corrected chi connectivity index (χ3v) is 5.24. The summed E-state index contributed by atoms with van der Waals surface area (Å²) in [5.74, 6) is 0.832. The number of hydrogen-bond acceptors (Lipinski definition) is 4. The van der Waals surface area contributed by atoms with Gasteiger partial charge in [-0.25, -0.2) is 0 Å². The molecule has 0 atom stereocenters. The molecule has 176 valence electrons. The van der Waals surface area contributed by atoms with Crippen molar-refractivity contribution in [2.45, 2.75) is 41.5 Å². The highest BCUT2D eigenvalue weighted by Crippen LogP contribution is 2.23. The van der Waals surface area contributed by atoms with Gasteiger partial charge in [-0.1, -0.05) is 52.5 Å². The molecule has 0 spiro atoms. The number of benzene rings is 1. The Balaban J connectivity index is 0.000000914. The number of piperazine rings is 1.